The molecule has 6 heteroatoms. The molecule has 108 valence electrons. The molecule has 1 aromatic carbocycles. The first-order valence-electron chi connectivity index (χ1n) is 6.14. The van der Waals surface area contributed by atoms with Crippen LogP contribution in [-0.2, 0) is 13.2 Å². The number of aryl methyl sites for hydroxylation is 2. The zero-order valence-electron chi connectivity index (χ0n) is 11.5. The molecule has 0 aliphatic rings. The van der Waals surface area contributed by atoms with Gasteiger partial charge < -0.3 is 5.73 Å². The van der Waals surface area contributed by atoms with Gasteiger partial charge >= 0.3 is 6.18 Å². The van der Waals surface area contributed by atoms with Crippen LogP contribution < -0.4 is 5.73 Å². The molecule has 0 saturated carbocycles. The van der Waals surface area contributed by atoms with Crippen molar-refractivity contribution < 1.29 is 13.2 Å². The topological polar surface area (TPSA) is 43.8 Å². The summed E-state index contributed by atoms with van der Waals surface area (Å²) in [6.07, 6.45) is -4.37. The molecule has 2 rings (SSSR count). The van der Waals surface area contributed by atoms with Crippen LogP contribution >= 0.6 is 0 Å². The van der Waals surface area contributed by atoms with Gasteiger partial charge in [0.05, 0.1) is 17.3 Å². The van der Waals surface area contributed by atoms with E-state index in [1.807, 2.05) is 6.92 Å². The van der Waals surface area contributed by atoms with Crippen LogP contribution in [0.4, 0.5) is 13.2 Å². The summed E-state index contributed by atoms with van der Waals surface area (Å²) in [7, 11) is 1.78. The molecular weight excluding hydrogens is 267 g/mol. The van der Waals surface area contributed by atoms with Gasteiger partial charge in [0, 0.05) is 18.3 Å². The minimum Gasteiger partial charge on any atom is -0.320 e. The Balaban J connectivity index is 2.46. The van der Waals surface area contributed by atoms with Crippen molar-refractivity contribution in [3.8, 4) is 0 Å². The Labute approximate surface area is 115 Å². The Bertz CT molecular complexity index is 629. The first kappa shape index (κ1) is 14.6. The fourth-order valence-electron chi connectivity index (χ4n) is 2.32. The van der Waals surface area contributed by atoms with E-state index in [1.165, 1.54) is 6.07 Å². The van der Waals surface area contributed by atoms with Crippen LogP contribution in [0.25, 0.3) is 0 Å². The number of halogens is 3. The number of rotatable bonds is 2. The number of hydrogen-bond donors (Lipinski definition) is 1. The molecular formula is C14H16F3N3. The monoisotopic (exact) mass is 283 g/mol. The van der Waals surface area contributed by atoms with E-state index < -0.39 is 17.8 Å². The number of aromatic nitrogens is 2. The molecule has 0 bridgehead atoms. The van der Waals surface area contributed by atoms with E-state index in [1.54, 1.807) is 24.7 Å². The van der Waals surface area contributed by atoms with Gasteiger partial charge in [-0.15, -0.1) is 0 Å². The Morgan fingerprint density at radius 2 is 1.90 bits per heavy atom. The number of alkyl halides is 3. The number of benzene rings is 1. The fraction of sp³-hybridized carbons (Fsp3) is 0.357. The molecule has 1 heterocycles. The zero-order chi connectivity index (χ0) is 15.1. The van der Waals surface area contributed by atoms with E-state index in [0.29, 0.717) is 5.56 Å². The maximum Gasteiger partial charge on any atom is 0.416 e. The predicted octanol–water partition coefficient (Wildman–Crippen LogP) is 3.10. The molecule has 0 amide bonds. The van der Waals surface area contributed by atoms with Gasteiger partial charge in [-0.05, 0) is 31.5 Å². The van der Waals surface area contributed by atoms with Gasteiger partial charge in [0.2, 0.25) is 0 Å². The lowest BCUT2D eigenvalue weighted by atomic mass is 9.96. The van der Waals surface area contributed by atoms with E-state index in [9.17, 15) is 13.2 Å². The maximum absolute atomic E-state index is 12.7. The summed E-state index contributed by atoms with van der Waals surface area (Å²) in [6, 6.07) is 4.49. The van der Waals surface area contributed by atoms with Crippen LogP contribution in [0.5, 0.6) is 0 Å². The van der Waals surface area contributed by atoms with Gasteiger partial charge in [-0.2, -0.15) is 18.3 Å². The highest BCUT2D eigenvalue weighted by Gasteiger charge is 2.31. The summed E-state index contributed by atoms with van der Waals surface area (Å²) < 4.78 is 39.9. The van der Waals surface area contributed by atoms with Gasteiger partial charge in [0.25, 0.3) is 0 Å². The molecule has 0 saturated heterocycles. The van der Waals surface area contributed by atoms with Crippen molar-refractivity contribution in [2.75, 3.05) is 0 Å². The molecule has 2 N–H and O–H groups in total. The summed E-state index contributed by atoms with van der Waals surface area (Å²) in [6.45, 7) is 3.65. The maximum atomic E-state index is 12.7. The van der Waals surface area contributed by atoms with Crippen LogP contribution in [0.1, 0.15) is 34.1 Å². The van der Waals surface area contributed by atoms with Gasteiger partial charge in [0.15, 0.2) is 0 Å². The third kappa shape index (κ3) is 2.56. The first-order valence-corrected chi connectivity index (χ1v) is 6.14. The van der Waals surface area contributed by atoms with Crippen molar-refractivity contribution >= 4 is 0 Å². The lowest BCUT2D eigenvalue weighted by molar-refractivity contribution is -0.137. The first-order chi connectivity index (χ1) is 9.21. The predicted molar refractivity (Wildman–Crippen MR) is 70.2 cm³/mol. The molecule has 1 aromatic heterocycles. The molecule has 2 aromatic rings. The van der Waals surface area contributed by atoms with Crippen molar-refractivity contribution in [2.45, 2.75) is 26.1 Å². The van der Waals surface area contributed by atoms with Crippen molar-refractivity contribution in [3.63, 3.8) is 0 Å². The van der Waals surface area contributed by atoms with E-state index in [-0.39, 0.29) is 0 Å². The summed E-state index contributed by atoms with van der Waals surface area (Å²) in [4.78, 5) is 0. The second kappa shape index (κ2) is 4.94. The smallest absolute Gasteiger partial charge is 0.320 e. The van der Waals surface area contributed by atoms with Crippen LogP contribution in [0.3, 0.4) is 0 Å². The SMILES string of the molecule is Cc1nn(C)c(C)c1C(N)c1cccc(C(F)(F)F)c1. The molecule has 0 aliphatic carbocycles. The number of hydrogen-bond acceptors (Lipinski definition) is 2. The Morgan fingerprint density at radius 3 is 2.40 bits per heavy atom. The Kier molecular flexibility index (Phi) is 3.60. The normalized spacial score (nSPS) is 13.6. The third-order valence-corrected chi connectivity index (χ3v) is 3.45. The highest BCUT2D eigenvalue weighted by molar-refractivity contribution is 5.38. The van der Waals surface area contributed by atoms with Crippen molar-refractivity contribution in [2.24, 2.45) is 12.8 Å². The fourth-order valence-corrected chi connectivity index (χ4v) is 2.32. The average molecular weight is 283 g/mol. The largest absolute Gasteiger partial charge is 0.416 e. The second-order valence-electron chi connectivity index (χ2n) is 4.81. The standard InChI is InChI=1S/C14H16F3N3/c1-8-12(9(2)20(3)19-8)13(18)10-5-4-6-11(7-10)14(15,16)17/h4-7,13H,18H2,1-3H3. The van der Waals surface area contributed by atoms with E-state index in [2.05, 4.69) is 5.10 Å². The number of nitrogens with two attached hydrogens (primary N) is 1. The minimum atomic E-state index is -4.37. The molecule has 0 spiro atoms. The summed E-state index contributed by atoms with van der Waals surface area (Å²) >= 11 is 0. The zero-order valence-corrected chi connectivity index (χ0v) is 11.5. The van der Waals surface area contributed by atoms with E-state index in [0.717, 1.165) is 29.1 Å². The lowest BCUT2D eigenvalue weighted by Crippen LogP contribution is -2.15. The van der Waals surface area contributed by atoms with Crippen LogP contribution in [0, 0.1) is 13.8 Å². The minimum absolute atomic E-state index is 0.430. The average Bonchev–Trinajstić information content (AvgIpc) is 2.62. The van der Waals surface area contributed by atoms with Crippen LogP contribution in [0.15, 0.2) is 24.3 Å². The highest BCUT2D eigenvalue weighted by Crippen LogP contribution is 2.32. The second-order valence-corrected chi connectivity index (χ2v) is 4.81. The van der Waals surface area contributed by atoms with Crippen LogP contribution in [0.2, 0.25) is 0 Å². The molecule has 0 aliphatic heterocycles. The lowest BCUT2D eigenvalue weighted by Gasteiger charge is -2.15. The molecule has 20 heavy (non-hydrogen) atoms. The van der Waals surface area contributed by atoms with E-state index >= 15 is 0 Å². The van der Waals surface area contributed by atoms with Crippen LogP contribution in [-0.4, -0.2) is 9.78 Å². The number of nitrogens with zero attached hydrogens (tertiary/aromatic N) is 2. The molecule has 1 unspecified atom stereocenters. The van der Waals surface area contributed by atoms with Gasteiger partial charge in [-0.3, -0.25) is 4.68 Å². The Morgan fingerprint density at radius 1 is 1.25 bits per heavy atom. The molecule has 0 fully saturated rings. The van der Waals surface area contributed by atoms with Crippen molar-refractivity contribution in [1.29, 1.82) is 0 Å². The molecule has 3 nitrogen and oxygen atoms in total. The van der Waals surface area contributed by atoms with Gasteiger partial charge in [-0.1, -0.05) is 12.1 Å². The summed E-state index contributed by atoms with van der Waals surface area (Å²) in [5.74, 6) is 0. The van der Waals surface area contributed by atoms with Crippen molar-refractivity contribution in [3.05, 3.63) is 52.3 Å². The molecule has 1 atom stereocenters. The van der Waals surface area contributed by atoms with Gasteiger partial charge in [0.1, 0.15) is 0 Å². The summed E-state index contributed by atoms with van der Waals surface area (Å²) in [5.41, 5.74) is 8.22. The van der Waals surface area contributed by atoms with Gasteiger partial charge in [-0.25, -0.2) is 0 Å². The highest BCUT2D eigenvalue weighted by atomic mass is 19.4. The quantitative estimate of drug-likeness (QED) is 0.920. The van der Waals surface area contributed by atoms with Crippen molar-refractivity contribution in [1.82, 2.24) is 9.78 Å². The summed E-state index contributed by atoms with van der Waals surface area (Å²) in [5, 5.41) is 4.24. The third-order valence-electron chi connectivity index (χ3n) is 3.45. The van der Waals surface area contributed by atoms with E-state index in [4.69, 9.17) is 5.73 Å². The molecule has 0 radical (unpaired) electrons. The Hall–Kier alpha value is -1.82.